The third kappa shape index (κ3) is 14.3. The maximum Gasteiger partial charge on any atom is 0.232 e. The van der Waals surface area contributed by atoms with E-state index >= 15 is 0 Å². The lowest BCUT2D eigenvalue weighted by Crippen LogP contribution is -2.41. The number of amides is 2. The number of aromatic hydroxyl groups is 1. The van der Waals surface area contributed by atoms with Crippen LogP contribution in [0.15, 0.2) is 24.3 Å². The number of phenols is 1. The number of phenolic OH excluding ortho intramolecular Hbond substituents is 1. The summed E-state index contributed by atoms with van der Waals surface area (Å²) in [4.78, 5) is 24.9. The van der Waals surface area contributed by atoms with E-state index in [0.717, 1.165) is 30.6 Å². The van der Waals surface area contributed by atoms with Gasteiger partial charge < -0.3 is 15.6 Å². The first-order valence-electron chi connectivity index (χ1n) is 15.7. The molecule has 1 fully saturated rings. The lowest BCUT2D eigenvalue weighted by Gasteiger charge is -2.34. The predicted octanol–water partition coefficient (Wildman–Crippen LogP) is 7.46. The zero-order valence-corrected chi connectivity index (χ0v) is 28.6. The van der Waals surface area contributed by atoms with Crippen molar-refractivity contribution in [1.29, 1.82) is 0 Å². The Morgan fingerprint density at radius 3 is 2.07 bits per heavy atom. The highest BCUT2D eigenvalue weighted by Gasteiger charge is 2.55. The van der Waals surface area contributed by atoms with Crippen LogP contribution in [0.4, 0.5) is 0 Å². The van der Waals surface area contributed by atoms with E-state index in [9.17, 15) is 19.9 Å². The summed E-state index contributed by atoms with van der Waals surface area (Å²) in [5, 5.41) is 23.9. The van der Waals surface area contributed by atoms with Crippen molar-refractivity contribution < 1.29 is 19.9 Å². The monoisotopic (exact) mass is 595 g/mol. The average molecular weight is 596 g/mol. The van der Waals surface area contributed by atoms with E-state index in [1.807, 2.05) is 46.8 Å². The van der Waals surface area contributed by atoms with Crippen molar-refractivity contribution in [2.24, 2.45) is 29.6 Å². The molecule has 1 aromatic rings. The molecular weight excluding hydrogens is 534 g/mol. The maximum absolute atomic E-state index is 13.0. The molecule has 1 aliphatic rings. The molecule has 1 aromatic carbocycles. The van der Waals surface area contributed by atoms with Gasteiger partial charge in [-0.3, -0.25) is 14.3 Å². The van der Waals surface area contributed by atoms with Crippen molar-refractivity contribution in [3.63, 3.8) is 0 Å². The van der Waals surface area contributed by atoms with Gasteiger partial charge in [0.05, 0.1) is 0 Å². The number of hydrogen-bond donors (Lipinski definition) is 4. The third-order valence-electron chi connectivity index (χ3n) is 8.11. The number of carbonyl (C=O) groups excluding carboxylic acids is 2. The minimum Gasteiger partial charge on any atom is -0.508 e. The minimum atomic E-state index is -0.315. The molecule has 4 N–H and O–H groups in total. The normalized spacial score (nSPS) is 20.0. The lowest BCUT2D eigenvalue weighted by atomic mass is 9.89. The van der Waals surface area contributed by atoms with Gasteiger partial charge >= 0.3 is 0 Å². The molecule has 0 aliphatic heterocycles. The number of nitrogens with zero attached hydrogens (tertiary/aromatic N) is 1. The zero-order valence-electron chi connectivity index (χ0n) is 27.8. The summed E-state index contributed by atoms with van der Waals surface area (Å²) >= 11 is 1.47. The molecular formula is C33H61N3O4S. The zero-order chi connectivity index (χ0) is 31.8. The molecule has 41 heavy (non-hydrogen) atoms. The smallest absolute Gasteiger partial charge is 0.232 e. The molecule has 238 valence electrons. The summed E-state index contributed by atoms with van der Waals surface area (Å²) in [6.45, 7) is 20.2. The highest BCUT2D eigenvalue weighted by molar-refractivity contribution is 7.97. The molecule has 6 unspecified atom stereocenters. The van der Waals surface area contributed by atoms with Gasteiger partial charge in [0.25, 0.3) is 0 Å². The van der Waals surface area contributed by atoms with Crippen LogP contribution < -0.4 is 10.0 Å². The van der Waals surface area contributed by atoms with E-state index in [1.54, 1.807) is 19.2 Å². The Kier molecular flexibility index (Phi) is 19.3. The Morgan fingerprint density at radius 2 is 1.61 bits per heavy atom. The molecule has 0 aromatic heterocycles. The summed E-state index contributed by atoms with van der Waals surface area (Å²) in [6.07, 6.45) is 6.27. The van der Waals surface area contributed by atoms with Crippen LogP contribution in [0.2, 0.25) is 0 Å². The number of rotatable bonds is 15. The molecule has 7 nitrogen and oxygen atoms in total. The van der Waals surface area contributed by atoms with Gasteiger partial charge in [-0.15, -0.1) is 0 Å². The molecule has 2 rings (SSSR count). The summed E-state index contributed by atoms with van der Waals surface area (Å²) in [6, 6.07) is 7.02. The molecule has 6 atom stereocenters. The van der Waals surface area contributed by atoms with E-state index in [4.69, 9.17) is 0 Å². The second-order valence-electron chi connectivity index (χ2n) is 12.0. The van der Waals surface area contributed by atoms with Crippen molar-refractivity contribution in [3.8, 4) is 5.75 Å². The van der Waals surface area contributed by atoms with Crippen molar-refractivity contribution in [2.75, 3.05) is 12.8 Å². The molecule has 2 amide bonds. The fraction of sp³-hybridized carbons (Fsp3) is 0.758. The first kappa shape index (κ1) is 39.2. The molecule has 0 bridgehead atoms. The van der Waals surface area contributed by atoms with Gasteiger partial charge in [-0.2, -0.15) is 5.06 Å². The van der Waals surface area contributed by atoms with E-state index < -0.39 is 0 Å². The summed E-state index contributed by atoms with van der Waals surface area (Å²) < 4.78 is 3.07. The number of benzene rings is 1. The number of carbonyl (C=O) groups is 2. The Morgan fingerprint density at radius 1 is 1.05 bits per heavy atom. The lowest BCUT2D eigenvalue weighted by molar-refractivity contribution is -0.145. The fourth-order valence-corrected chi connectivity index (χ4v) is 6.30. The Hall–Kier alpha value is -1.77. The van der Waals surface area contributed by atoms with E-state index in [0.29, 0.717) is 18.3 Å². The van der Waals surface area contributed by atoms with Gasteiger partial charge in [0.1, 0.15) is 5.75 Å². The molecule has 0 radical (unpaired) electrons. The molecule has 8 heteroatoms. The van der Waals surface area contributed by atoms with Crippen molar-refractivity contribution in [1.82, 2.24) is 15.1 Å². The van der Waals surface area contributed by atoms with Crippen LogP contribution in [-0.2, 0) is 16.0 Å². The Bertz CT molecular complexity index is 861. The Labute approximate surface area is 255 Å². The number of unbranched alkanes of at least 4 members (excludes halogenated alkanes) is 1. The molecule has 1 aliphatic carbocycles. The quantitative estimate of drug-likeness (QED) is 0.124. The summed E-state index contributed by atoms with van der Waals surface area (Å²) in [7, 11) is 1.68. The van der Waals surface area contributed by atoms with Gasteiger partial charge in [-0.1, -0.05) is 91.8 Å². The highest BCUT2D eigenvalue weighted by atomic mass is 32.2. The van der Waals surface area contributed by atoms with E-state index in [2.05, 4.69) is 37.7 Å². The number of hydrogen-bond acceptors (Lipinski definition) is 6. The number of nitrogens with one attached hydrogen (secondary N) is 2. The topological polar surface area (TPSA) is 102 Å². The molecule has 0 heterocycles. The van der Waals surface area contributed by atoms with Gasteiger partial charge in [-0.25, -0.2) is 0 Å². The molecule has 0 saturated heterocycles. The minimum absolute atomic E-state index is 0.0364. The Balaban J connectivity index is 0.00000244. The second kappa shape index (κ2) is 20.2. The predicted molar refractivity (Wildman–Crippen MR) is 174 cm³/mol. The van der Waals surface area contributed by atoms with E-state index in [-0.39, 0.29) is 46.9 Å². The van der Waals surface area contributed by atoms with Crippen LogP contribution >= 0.6 is 11.9 Å². The van der Waals surface area contributed by atoms with Crippen molar-refractivity contribution in [3.05, 3.63) is 29.8 Å². The van der Waals surface area contributed by atoms with Crippen LogP contribution in [0.3, 0.4) is 0 Å². The van der Waals surface area contributed by atoms with Crippen molar-refractivity contribution in [2.45, 2.75) is 119 Å². The fourth-order valence-electron chi connectivity index (χ4n) is 5.37. The standard InChI is InChI=1S/C27H45N3O4S.C4H10.C2H6/c1-8-9-21(15-27(5,6)30(7)34)16-35-29-26(33)18(3)24-17(2)25(24)23(28-19(4)31)14-20-10-12-22(32)13-11-20;1-3-4-2;1-2/h10-13,17-18,21,23-25,32,34H,8-9,14-16H2,1-7H3,(H,28,31)(H,29,33);3-4H2,1-2H3;1-2H3. The SMILES string of the molecule is CC.CCCC.CCCC(CSNC(=O)C(C)C1C(C)C1C(Cc1ccc(O)cc1)NC(C)=O)CC(C)(C)N(C)O. The number of hydroxylamine groups is 2. The van der Waals surface area contributed by atoms with Crippen LogP contribution in [0, 0.1) is 29.6 Å². The van der Waals surface area contributed by atoms with Gasteiger partial charge in [-0.05, 0) is 74.5 Å². The first-order valence-corrected chi connectivity index (χ1v) is 16.7. The molecule has 0 spiro atoms. The van der Waals surface area contributed by atoms with Crippen LogP contribution in [-0.4, -0.2) is 51.6 Å². The summed E-state index contributed by atoms with van der Waals surface area (Å²) in [5.74, 6) is 2.01. The van der Waals surface area contributed by atoms with Gasteiger partial charge in [0, 0.05) is 37.2 Å². The third-order valence-corrected chi connectivity index (χ3v) is 9.09. The van der Waals surface area contributed by atoms with Gasteiger partial charge in [0.15, 0.2) is 0 Å². The van der Waals surface area contributed by atoms with Crippen molar-refractivity contribution >= 4 is 23.8 Å². The van der Waals surface area contributed by atoms with Crippen LogP contribution in [0.25, 0.3) is 0 Å². The second-order valence-corrected chi connectivity index (χ2v) is 12.8. The van der Waals surface area contributed by atoms with Crippen LogP contribution in [0.5, 0.6) is 5.75 Å². The molecule has 1 saturated carbocycles. The van der Waals surface area contributed by atoms with Gasteiger partial charge in [0.2, 0.25) is 11.8 Å². The summed E-state index contributed by atoms with van der Waals surface area (Å²) in [5.41, 5.74) is 0.732. The highest BCUT2D eigenvalue weighted by Crippen LogP contribution is 2.53. The average Bonchev–Trinajstić information content (AvgIpc) is 3.60. The van der Waals surface area contributed by atoms with Crippen LogP contribution in [0.1, 0.15) is 107 Å². The van der Waals surface area contributed by atoms with E-state index in [1.165, 1.54) is 36.8 Å². The maximum atomic E-state index is 13.0. The largest absolute Gasteiger partial charge is 0.508 e. The first-order chi connectivity index (χ1) is 19.3.